The Morgan fingerprint density at radius 2 is 2.05 bits per heavy atom. The van der Waals surface area contributed by atoms with E-state index in [0.717, 1.165) is 32.5 Å². The number of nitrogens with zero attached hydrogens (tertiary/aromatic N) is 2. The number of thiophene rings is 1. The van der Waals surface area contributed by atoms with Crippen LogP contribution in [0.2, 0.25) is 0 Å². The smallest absolute Gasteiger partial charge is 0.241 e. The van der Waals surface area contributed by atoms with E-state index in [2.05, 4.69) is 34.0 Å². The second-order valence-corrected chi connectivity index (χ2v) is 6.25. The van der Waals surface area contributed by atoms with Gasteiger partial charge in [-0.2, -0.15) is 0 Å². The third-order valence-electron chi connectivity index (χ3n) is 3.72. The highest BCUT2D eigenvalue weighted by atomic mass is 127. The van der Waals surface area contributed by atoms with Crippen molar-refractivity contribution in [1.82, 2.24) is 15.5 Å². The van der Waals surface area contributed by atoms with Gasteiger partial charge in [-0.25, -0.2) is 0 Å². The quantitative estimate of drug-likeness (QED) is 0.433. The average molecular weight is 436 g/mol. The molecule has 1 aromatic rings. The first kappa shape index (κ1) is 19.2. The molecular weight excluding hydrogens is 411 g/mol. The van der Waals surface area contributed by atoms with Crippen LogP contribution in [0.4, 0.5) is 0 Å². The van der Waals surface area contributed by atoms with Crippen LogP contribution >= 0.6 is 35.3 Å². The van der Waals surface area contributed by atoms with Crippen molar-refractivity contribution in [2.45, 2.75) is 32.7 Å². The van der Waals surface area contributed by atoms with Gasteiger partial charge in [0.15, 0.2) is 5.96 Å². The predicted octanol–water partition coefficient (Wildman–Crippen LogP) is 2.35. The number of carbonyl (C=O) groups excluding carboxylic acids is 1. The Hall–Kier alpha value is -0.830. The standard InChI is InChI=1S/C15H24N4OS.HI/c1-12-6-9-21-13(12)10-17-15(16-2)18-11-14(20)19-7-4-3-5-8-19;/h6,9H,3-5,7-8,10-11H2,1-2H3,(H2,16,17,18);1H. The first-order valence-corrected chi connectivity index (χ1v) is 8.34. The highest BCUT2D eigenvalue weighted by Gasteiger charge is 2.16. The van der Waals surface area contributed by atoms with Crippen LogP contribution < -0.4 is 10.6 Å². The van der Waals surface area contributed by atoms with Gasteiger partial charge >= 0.3 is 0 Å². The van der Waals surface area contributed by atoms with Crippen molar-refractivity contribution >= 4 is 47.2 Å². The third-order valence-corrected chi connectivity index (χ3v) is 4.75. The summed E-state index contributed by atoms with van der Waals surface area (Å²) >= 11 is 1.73. The average Bonchev–Trinajstić information content (AvgIpc) is 2.93. The molecule has 0 aromatic carbocycles. The van der Waals surface area contributed by atoms with Crippen molar-refractivity contribution < 1.29 is 4.79 Å². The zero-order valence-electron chi connectivity index (χ0n) is 13.2. The summed E-state index contributed by atoms with van der Waals surface area (Å²) in [6.07, 6.45) is 3.48. The number of nitrogens with one attached hydrogen (secondary N) is 2. The number of rotatable bonds is 4. The fourth-order valence-electron chi connectivity index (χ4n) is 2.38. The second kappa shape index (κ2) is 10.0. The summed E-state index contributed by atoms with van der Waals surface area (Å²) < 4.78 is 0. The number of carbonyl (C=O) groups is 1. The van der Waals surface area contributed by atoms with Crippen molar-refractivity contribution in [3.05, 3.63) is 21.9 Å². The van der Waals surface area contributed by atoms with Gasteiger partial charge in [-0.1, -0.05) is 0 Å². The summed E-state index contributed by atoms with van der Waals surface area (Å²) in [7, 11) is 1.72. The molecule has 0 bridgehead atoms. The Labute approximate surface area is 153 Å². The summed E-state index contributed by atoms with van der Waals surface area (Å²) in [4.78, 5) is 19.5. The van der Waals surface area contributed by atoms with Crippen LogP contribution in [0.15, 0.2) is 16.4 Å². The van der Waals surface area contributed by atoms with Gasteiger partial charge in [-0.3, -0.25) is 9.79 Å². The van der Waals surface area contributed by atoms with E-state index in [1.807, 2.05) is 4.90 Å². The topological polar surface area (TPSA) is 56.7 Å². The molecule has 1 fully saturated rings. The lowest BCUT2D eigenvalue weighted by Crippen LogP contribution is -2.45. The zero-order chi connectivity index (χ0) is 15.1. The highest BCUT2D eigenvalue weighted by Crippen LogP contribution is 2.14. The van der Waals surface area contributed by atoms with Gasteiger partial charge in [0.25, 0.3) is 0 Å². The van der Waals surface area contributed by atoms with E-state index >= 15 is 0 Å². The molecule has 1 aliphatic rings. The molecule has 1 amide bonds. The molecular formula is C15H25IN4OS. The first-order valence-electron chi connectivity index (χ1n) is 7.46. The summed E-state index contributed by atoms with van der Waals surface area (Å²) in [5.74, 6) is 0.832. The largest absolute Gasteiger partial charge is 0.352 e. The Morgan fingerprint density at radius 3 is 2.64 bits per heavy atom. The van der Waals surface area contributed by atoms with E-state index in [1.54, 1.807) is 18.4 Å². The number of halogens is 1. The number of aryl methyl sites for hydroxylation is 1. The molecule has 7 heteroatoms. The maximum atomic E-state index is 12.1. The molecule has 5 nitrogen and oxygen atoms in total. The molecule has 0 saturated carbocycles. The van der Waals surface area contributed by atoms with Gasteiger partial charge in [0.1, 0.15) is 0 Å². The molecule has 2 heterocycles. The summed E-state index contributed by atoms with van der Waals surface area (Å²) in [6.45, 7) is 4.93. The molecule has 0 unspecified atom stereocenters. The predicted molar refractivity (Wildman–Crippen MR) is 103 cm³/mol. The molecule has 0 spiro atoms. The van der Waals surface area contributed by atoms with Crippen molar-refractivity contribution in [3.63, 3.8) is 0 Å². The normalized spacial score (nSPS) is 15.2. The van der Waals surface area contributed by atoms with Gasteiger partial charge < -0.3 is 15.5 Å². The van der Waals surface area contributed by atoms with E-state index in [1.165, 1.54) is 16.9 Å². The fraction of sp³-hybridized carbons (Fsp3) is 0.600. The van der Waals surface area contributed by atoms with Crippen LogP contribution in [0.5, 0.6) is 0 Å². The minimum Gasteiger partial charge on any atom is -0.352 e. The molecule has 0 radical (unpaired) electrons. The lowest BCUT2D eigenvalue weighted by molar-refractivity contribution is -0.130. The third kappa shape index (κ3) is 5.75. The van der Waals surface area contributed by atoms with E-state index in [-0.39, 0.29) is 29.9 Å². The Morgan fingerprint density at radius 1 is 1.32 bits per heavy atom. The maximum absolute atomic E-state index is 12.1. The monoisotopic (exact) mass is 436 g/mol. The van der Waals surface area contributed by atoms with Crippen molar-refractivity contribution in [2.75, 3.05) is 26.7 Å². The Bertz CT molecular complexity index is 497. The molecule has 2 N–H and O–H groups in total. The molecule has 22 heavy (non-hydrogen) atoms. The minimum absolute atomic E-state index is 0. The van der Waals surface area contributed by atoms with Crippen molar-refractivity contribution in [3.8, 4) is 0 Å². The van der Waals surface area contributed by atoms with Crippen LogP contribution in [-0.2, 0) is 11.3 Å². The van der Waals surface area contributed by atoms with E-state index in [4.69, 9.17) is 0 Å². The van der Waals surface area contributed by atoms with Gasteiger partial charge in [-0.05, 0) is 43.2 Å². The maximum Gasteiger partial charge on any atom is 0.241 e. The molecule has 0 atom stereocenters. The Balaban J connectivity index is 0.00000242. The molecule has 2 rings (SSSR count). The number of guanidine groups is 1. The van der Waals surface area contributed by atoms with Crippen molar-refractivity contribution in [1.29, 1.82) is 0 Å². The number of amides is 1. The van der Waals surface area contributed by atoms with Crippen LogP contribution in [0, 0.1) is 6.92 Å². The zero-order valence-corrected chi connectivity index (χ0v) is 16.4. The summed E-state index contributed by atoms with van der Waals surface area (Å²) in [6, 6.07) is 2.11. The minimum atomic E-state index is 0. The van der Waals surface area contributed by atoms with Crippen LogP contribution in [0.3, 0.4) is 0 Å². The van der Waals surface area contributed by atoms with Gasteiger partial charge in [0.05, 0.1) is 13.1 Å². The first-order chi connectivity index (χ1) is 10.2. The van der Waals surface area contributed by atoms with Crippen molar-refractivity contribution in [2.24, 2.45) is 4.99 Å². The second-order valence-electron chi connectivity index (χ2n) is 5.25. The Kier molecular flexibility index (Phi) is 8.77. The number of likely N-dealkylation sites (tertiary alicyclic amines) is 1. The van der Waals surface area contributed by atoms with Crippen LogP contribution in [0.1, 0.15) is 29.7 Å². The lowest BCUT2D eigenvalue weighted by Gasteiger charge is -2.27. The number of piperidine rings is 1. The highest BCUT2D eigenvalue weighted by molar-refractivity contribution is 14.0. The van der Waals surface area contributed by atoms with Gasteiger partial charge in [0, 0.05) is 25.0 Å². The van der Waals surface area contributed by atoms with E-state index in [0.29, 0.717) is 12.5 Å². The van der Waals surface area contributed by atoms with Crippen LogP contribution in [0.25, 0.3) is 0 Å². The number of hydrogen-bond donors (Lipinski definition) is 2. The molecule has 124 valence electrons. The fourth-order valence-corrected chi connectivity index (χ4v) is 3.23. The van der Waals surface area contributed by atoms with Crippen LogP contribution in [-0.4, -0.2) is 43.4 Å². The summed E-state index contributed by atoms with van der Waals surface area (Å²) in [5, 5.41) is 8.44. The molecule has 1 aromatic heterocycles. The number of aliphatic imine (C=N–C) groups is 1. The SMILES string of the molecule is CN=C(NCC(=O)N1CCCCC1)NCc1sccc1C.I. The molecule has 0 aliphatic carbocycles. The molecule has 1 saturated heterocycles. The van der Waals surface area contributed by atoms with E-state index in [9.17, 15) is 4.79 Å². The summed E-state index contributed by atoms with van der Waals surface area (Å²) in [5.41, 5.74) is 1.28. The molecule has 1 aliphatic heterocycles. The van der Waals surface area contributed by atoms with Gasteiger partial charge in [0.2, 0.25) is 5.91 Å². The lowest BCUT2D eigenvalue weighted by atomic mass is 10.1. The van der Waals surface area contributed by atoms with E-state index < -0.39 is 0 Å². The number of hydrogen-bond acceptors (Lipinski definition) is 3. The van der Waals surface area contributed by atoms with Gasteiger partial charge in [-0.15, -0.1) is 35.3 Å².